The van der Waals surface area contributed by atoms with Gasteiger partial charge >= 0.3 is 11.9 Å². The molecule has 8 rings (SSSR count). The van der Waals surface area contributed by atoms with Crippen LogP contribution in [0.2, 0.25) is 5.02 Å². The topological polar surface area (TPSA) is 150 Å². The maximum atomic E-state index is 11.3. The fourth-order valence-corrected chi connectivity index (χ4v) is 5.77. The number of pyridine rings is 4. The summed E-state index contributed by atoms with van der Waals surface area (Å²) < 4.78 is 0. The lowest BCUT2D eigenvalue weighted by molar-refractivity contribution is 0.0686. The fraction of sp³-hybridized carbons (Fsp3) is 0. The van der Waals surface area contributed by atoms with E-state index in [1.165, 1.54) is 0 Å². The number of anilines is 4. The van der Waals surface area contributed by atoms with Crippen molar-refractivity contribution in [3.63, 3.8) is 0 Å². The Labute approximate surface area is 295 Å². The lowest BCUT2D eigenvalue weighted by Crippen LogP contribution is -1.99. The van der Waals surface area contributed by atoms with Crippen LogP contribution in [-0.2, 0) is 0 Å². The number of halogens is 1. The van der Waals surface area contributed by atoms with Crippen molar-refractivity contribution in [1.82, 2.24) is 19.9 Å². The molecule has 0 saturated carbocycles. The maximum absolute atomic E-state index is 11.3. The summed E-state index contributed by atoms with van der Waals surface area (Å²) in [6.45, 7) is 0. The molecule has 0 radical (unpaired) electrons. The number of hydrogen-bond donors (Lipinski definition) is 4. The molecule has 0 aliphatic heterocycles. The number of carboxylic acid groups (broad SMARTS) is 2. The summed E-state index contributed by atoms with van der Waals surface area (Å²) in [5, 5.41) is 31.0. The van der Waals surface area contributed by atoms with Gasteiger partial charge in [-0.1, -0.05) is 35.7 Å². The molecule has 4 N–H and O–H groups in total. The first-order valence-electron chi connectivity index (χ1n) is 15.5. The number of nitrogens with zero attached hydrogens (tertiary/aromatic N) is 4. The predicted octanol–water partition coefficient (Wildman–Crippen LogP) is 9.08. The Balaban J connectivity index is 0.000000159. The minimum atomic E-state index is -0.990. The molecular weight excluding hydrogens is 664 g/mol. The predicted molar refractivity (Wildman–Crippen MR) is 200 cm³/mol. The van der Waals surface area contributed by atoms with Gasteiger partial charge in [0.15, 0.2) is 0 Å². The van der Waals surface area contributed by atoms with Crippen LogP contribution in [0.3, 0.4) is 0 Å². The molecule has 0 aliphatic carbocycles. The van der Waals surface area contributed by atoms with E-state index in [0.29, 0.717) is 27.7 Å². The monoisotopic (exact) mass is 688 g/mol. The minimum Gasteiger partial charge on any atom is -0.478 e. The Hall–Kier alpha value is -7.09. The quantitative estimate of drug-likeness (QED) is 0.0984. The second-order valence-corrected chi connectivity index (χ2v) is 11.8. The van der Waals surface area contributed by atoms with Crippen LogP contribution >= 0.6 is 11.6 Å². The van der Waals surface area contributed by atoms with Gasteiger partial charge in [-0.25, -0.2) is 19.6 Å². The number of nitrogens with one attached hydrogen (secondary N) is 2. The first-order chi connectivity index (χ1) is 24.8. The van der Waals surface area contributed by atoms with Crippen LogP contribution in [0.1, 0.15) is 26.3 Å². The van der Waals surface area contributed by atoms with Crippen LogP contribution in [0.15, 0.2) is 122 Å². The van der Waals surface area contributed by atoms with Crippen LogP contribution in [0.5, 0.6) is 0 Å². The highest BCUT2D eigenvalue weighted by Crippen LogP contribution is 2.33. The van der Waals surface area contributed by atoms with Crippen molar-refractivity contribution in [2.75, 3.05) is 10.6 Å². The number of aromatic carboxylic acids is 2. The third kappa shape index (κ3) is 6.78. The number of benzene rings is 4. The molecule has 0 aliphatic rings. The van der Waals surface area contributed by atoms with Gasteiger partial charge in [0.1, 0.15) is 11.6 Å². The first-order valence-corrected chi connectivity index (χ1v) is 15.8. The summed E-state index contributed by atoms with van der Waals surface area (Å²) in [7, 11) is 0. The molecule has 0 spiro atoms. The molecule has 4 heterocycles. The van der Waals surface area contributed by atoms with Crippen LogP contribution in [0.25, 0.3) is 43.4 Å². The molecule has 8 aromatic rings. The van der Waals surface area contributed by atoms with Crippen LogP contribution in [0, 0.1) is 12.3 Å². The van der Waals surface area contributed by atoms with Gasteiger partial charge in [0, 0.05) is 79.1 Å². The average Bonchev–Trinajstić information content (AvgIpc) is 3.15. The molecule has 0 bridgehead atoms. The van der Waals surface area contributed by atoms with Gasteiger partial charge in [-0.05, 0) is 78.9 Å². The molecule has 0 atom stereocenters. The summed E-state index contributed by atoms with van der Waals surface area (Å²) in [4.78, 5) is 40.2. The molecule has 4 aromatic heterocycles. The molecular formula is C40H25ClN6O4. The van der Waals surface area contributed by atoms with E-state index in [1.807, 2.05) is 48.5 Å². The van der Waals surface area contributed by atoms with E-state index < -0.39 is 11.9 Å². The molecule has 0 unspecified atom stereocenters. The van der Waals surface area contributed by atoms with Crippen molar-refractivity contribution in [3.05, 3.63) is 144 Å². The van der Waals surface area contributed by atoms with Crippen molar-refractivity contribution < 1.29 is 19.8 Å². The largest absolute Gasteiger partial charge is 0.478 e. The molecule has 11 heteroatoms. The second kappa shape index (κ2) is 13.8. The van der Waals surface area contributed by atoms with Crippen molar-refractivity contribution in [3.8, 4) is 12.3 Å². The third-order valence-corrected chi connectivity index (χ3v) is 8.34. The standard InChI is InChI=1S/C21H13N3O2.C19H12ClN3O2/c1-2-13-4-3-5-15(10-13)23-20-17-8-9-22-12-18(17)16-7-6-14(21(25)26)11-19(16)24-20;20-12-2-4-13(5-3-12)22-18-15-7-8-21-10-16(15)14-6-1-11(19(24)25)9-17(14)23-18/h1,3-12H,(H,23,24)(H,25,26);1-10H,(H,22,23)(H,24,25). The van der Waals surface area contributed by atoms with Gasteiger partial charge in [0.05, 0.1) is 22.2 Å². The SMILES string of the molecule is C#Cc1cccc(Nc2nc3cc(C(=O)O)ccc3c3cnccc23)c1.O=C(O)c1ccc2c(c1)nc(Nc1ccc(Cl)cc1)c1ccncc12. The number of aromatic nitrogens is 4. The lowest BCUT2D eigenvalue weighted by atomic mass is 10.1. The minimum absolute atomic E-state index is 0.188. The summed E-state index contributed by atoms with van der Waals surface area (Å²) >= 11 is 5.93. The Kier molecular flexibility index (Phi) is 8.78. The van der Waals surface area contributed by atoms with E-state index in [-0.39, 0.29) is 11.1 Å². The van der Waals surface area contributed by atoms with Crippen LogP contribution in [-0.4, -0.2) is 42.1 Å². The van der Waals surface area contributed by atoms with Crippen molar-refractivity contribution >= 4 is 89.9 Å². The van der Waals surface area contributed by atoms with E-state index in [4.69, 9.17) is 18.0 Å². The van der Waals surface area contributed by atoms with Gasteiger partial charge in [0.25, 0.3) is 0 Å². The van der Waals surface area contributed by atoms with Gasteiger partial charge in [0.2, 0.25) is 0 Å². The zero-order chi connectivity index (χ0) is 35.5. The number of hydrogen-bond acceptors (Lipinski definition) is 8. The Morgan fingerprint density at radius 3 is 1.65 bits per heavy atom. The molecule has 0 fully saturated rings. The highest BCUT2D eigenvalue weighted by Gasteiger charge is 2.13. The number of carboxylic acids is 2. The normalized spacial score (nSPS) is 10.7. The highest BCUT2D eigenvalue weighted by atomic mass is 35.5. The average molecular weight is 689 g/mol. The van der Waals surface area contributed by atoms with Crippen molar-refractivity contribution in [2.45, 2.75) is 0 Å². The summed E-state index contributed by atoms with van der Waals surface area (Å²) in [6.07, 6.45) is 12.4. The number of fused-ring (bicyclic) bond motifs is 6. The molecule has 246 valence electrons. The van der Waals surface area contributed by atoms with Crippen molar-refractivity contribution in [2.24, 2.45) is 0 Å². The van der Waals surface area contributed by atoms with Crippen LogP contribution in [0.4, 0.5) is 23.0 Å². The number of carbonyl (C=O) groups is 2. The summed E-state index contributed by atoms with van der Waals surface area (Å²) in [6, 6.07) is 28.3. The van der Waals surface area contributed by atoms with Gasteiger partial charge in [-0.2, -0.15) is 0 Å². The maximum Gasteiger partial charge on any atom is 0.335 e. The van der Waals surface area contributed by atoms with E-state index in [9.17, 15) is 19.8 Å². The van der Waals surface area contributed by atoms with E-state index in [2.05, 4.69) is 36.5 Å². The highest BCUT2D eigenvalue weighted by molar-refractivity contribution is 6.30. The molecule has 0 saturated heterocycles. The van der Waals surface area contributed by atoms with Crippen molar-refractivity contribution in [1.29, 1.82) is 0 Å². The van der Waals surface area contributed by atoms with E-state index in [0.717, 1.165) is 49.3 Å². The Morgan fingerprint density at radius 1 is 0.608 bits per heavy atom. The summed E-state index contributed by atoms with van der Waals surface area (Å²) in [5.41, 5.74) is 3.96. The Morgan fingerprint density at radius 2 is 1.14 bits per heavy atom. The van der Waals surface area contributed by atoms with Crippen LogP contribution < -0.4 is 10.6 Å². The Bertz CT molecular complexity index is 2690. The third-order valence-electron chi connectivity index (χ3n) is 8.09. The zero-order valence-corrected chi connectivity index (χ0v) is 27.3. The zero-order valence-electron chi connectivity index (χ0n) is 26.5. The first kappa shape index (κ1) is 32.5. The summed E-state index contributed by atoms with van der Waals surface area (Å²) in [5.74, 6) is 1.88. The lowest BCUT2D eigenvalue weighted by Gasteiger charge is -2.12. The number of rotatable bonds is 6. The fourth-order valence-electron chi connectivity index (χ4n) is 5.65. The van der Waals surface area contributed by atoms with E-state index in [1.54, 1.807) is 73.3 Å². The smallest absolute Gasteiger partial charge is 0.335 e. The van der Waals surface area contributed by atoms with Gasteiger partial charge in [-0.3, -0.25) is 9.97 Å². The van der Waals surface area contributed by atoms with Gasteiger partial charge in [-0.15, -0.1) is 6.42 Å². The van der Waals surface area contributed by atoms with E-state index >= 15 is 0 Å². The molecule has 51 heavy (non-hydrogen) atoms. The molecule has 0 amide bonds. The molecule has 4 aromatic carbocycles. The molecule has 10 nitrogen and oxygen atoms in total. The van der Waals surface area contributed by atoms with Gasteiger partial charge < -0.3 is 20.8 Å². The second-order valence-electron chi connectivity index (χ2n) is 11.3. The number of terminal acetylenes is 1.